The zero-order chi connectivity index (χ0) is 14.6. The Morgan fingerprint density at radius 1 is 1.53 bits per heavy atom. The Bertz CT molecular complexity index is 492. The zero-order valence-corrected chi connectivity index (χ0v) is 9.88. The molecule has 0 amide bonds. The predicted molar refractivity (Wildman–Crippen MR) is 60.2 cm³/mol. The Morgan fingerprint density at radius 3 is 2.58 bits per heavy atom. The SMILES string of the molecule is COc1ccccc1C(C[N+](=O)[O-])C(F)(F)C(=O)O. The molecule has 1 rings (SSSR count). The van der Waals surface area contributed by atoms with Crippen molar-refractivity contribution in [2.75, 3.05) is 13.7 Å². The first-order valence-electron chi connectivity index (χ1n) is 5.16. The summed E-state index contributed by atoms with van der Waals surface area (Å²) in [4.78, 5) is 20.1. The average Bonchev–Trinajstić information content (AvgIpc) is 2.35. The molecule has 0 bridgehead atoms. The second kappa shape index (κ2) is 5.59. The van der Waals surface area contributed by atoms with Gasteiger partial charge < -0.3 is 9.84 Å². The molecule has 0 fully saturated rings. The van der Waals surface area contributed by atoms with Crippen molar-refractivity contribution in [3.63, 3.8) is 0 Å². The quantitative estimate of drug-likeness (QED) is 0.631. The molecule has 6 nitrogen and oxygen atoms in total. The van der Waals surface area contributed by atoms with E-state index < -0.39 is 29.3 Å². The van der Waals surface area contributed by atoms with E-state index in [-0.39, 0.29) is 11.3 Å². The summed E-state index contributed by atoms with van der Waals surface area (Å²) >= 11 is 0. The molecule has 0 saturated heterocycles. The number of carboxylic acids is 1. The third kappa shape index (κ3) is 3.15. The van der Waals surface area contributed by atoms with Gasteiger partial charge in [-0.3, -0.25) is 10.1 Å². The second-order valence-electron chi connectivity index (χ2n) is 3.74. The molecule has 0 aliphatic heterocycles. The summed E-state index contributed by atoms with van der Waals surface area (Å²) in [6.07, 6.45) is 0. The number of aliphatic carboxylic acids is 1. The Labute approximate surface area is 106 Å². The maximum absolute atomic E-state index is 13.6. The molecule has 1 atom stereocenters. The molecule has 1 unspecified atom stereocenters. The minimum atomic E-state index is -4.26. The van der Waals surface area contributed by atoms with E-state index >= 15 is 0 Å². The van der Waals surface area contributed by atoms with Crippen molar-refractivity contribution in [3.8, 4) is 5.75 Å². The molecule has 0 spiro atoms. The fourth-order valence-electron chi connectivity index (χ4n) is 1.66. The van der Waals surface area contributed by atoms with Crippen LogP contribution in [0, 0.1) is 10.1 Å². The minimum Gasteiger partial charge on any atom is -0.496 e. The number of para-hydroxylation sites is 1. The number of benzene rings is 1. The highest BCUT2D eigenvalue weighted by Gasteiger charge is 2.51. The van der Waals surface area contributed by atoms with Gasteiger partial charge in [-0.1, -0.05) is 18.2 Å². The Kier molecular flexibility index (Phi) is 4.36. The number of hydrogen-bond acceptors (Lipinski definition) is 4. The lowest BCUT2D eigenvalue weighted by Crippen LogP contribution is -2.39. The number of rotatable bonds is 6. The van der Waals surface area contributed by atoms with Crippen LogP contribution >= 0.6 is 0 Å². The van der Waals surface area contributed by atoms with Crippen LogP contribution in [0.2, 0.25) is 0 Å². The summed E-state index contributed by atoms with van der Waals surface area (Å²) in [5, 5.41) is 19.0. The largest absolute Gasteiger partial charge is 0.496 e. The predicted octanol–water partition coefficient (Wildman–Crippen LogP) is 1.78. The molecule has 8 heteroatoms. The lowest BCUT2D eigenvalue weighted by molar-refractivity contribution is -0.487. The van der Waals surface area contributed by atoms with Gasteiger partial charge in [-0.25, -0.2) is 4.79 Å². The highest BCUT2D eigenvalue weighted by atomic mass is 19.3. The molecule has 0 aromatic heterocycles. The summed E-state index contributed by atoms with van der Waals surface area (Å²) in [5.74, 6) is -8.79. The monoisotopic (exact) mass is 275 g/mol. The van der Waals surface area contributed by atoms with Crippen molar-refractivity contribution >= 4 is 5.97 Å². The number of nitro groups is 1. The van der Waals surface area contributed by atoms with E-state index in [1.54, 1.807) is 0 Å². The molecule has 0 radical (unpaired) electrons. The number of carbonyl (C=O) groups is 1. The molecule has 1 N–H and O–H groups in total. The number of alkyl halides is 2. The van der Waals surface area contributed by atoms with Crippen LogP contribution < -0.4 is 4.74 Å². The summed E-state index contributed by atoms with van der Waals surface area (Å²) in [5.41, 5.74) is -0.214. The van der Waals surface area contributed by atoms with E-state index in [1.807, 2.05) is 0 Å². The first-order chi connectivity index (χ1) is 8.80. The highest BCUT2D eigenvalue weighted by Crippen LogP contribution is 2.38. The van der Waals surface area contributed by atoms with Crippen molar-refractivity contribution in [1.29, 1.82) is 0 Å². The van der Waals surface area contributed by atoms with Crippen LogP contribution in [-0.4, -0.2) is 35.6 Å². The van der Waals surface area contributed by atoms with Gasteiger partial charge in [0.2, 0.25) is 6.54 Å². The van der Waals surface area contributed by atoms with Gasteiger partial charge in [0.05, 0.1) is 7.11 Å². The normalized spacial score (nSPS) is 12.8. The average molecular weight is 275 g/mol. The van der Waals surface area contributed by atoms with Crippen LogP contribution in [0.3, 0.4) is 0 Å². The maximum atomic E-state index is 13.6. The van der Waals surface area contributed by atoms with Crippen LogP contribution in [0.1, 0.15) is 11.5 Å². The van der Waals surface area contributed by atoms with E-state index in [1.165, 1.54) is 31.4 Å². The van der Waals surface area contributed by atoms with Crippen molar-refractivity contribution in [1.82, 2.24) is 0 Å². The van der Waals surface area contributed by atoms with Crippen LogP contribution in [0.4, 0.5) is 8.78 Å². The zero-order valence-electron chi connectivity index (χ0n) is 9.88. The van der Waals surface area contributed by atoms with Crippen molar-refractivity contribution in [3.05, 3.63) is 39.9 Å². The highest BCUT2D eigenvalue weighted by molar-refractivity contribution is 5.77. The summed E-state index contributed by atoms with van der Waals surface area (Å²) in [7, 11) is 1.21. The van der Waals surface area contributed by atoms with Gasteiger partial charge >= 0.3 is 11.9 Å². The second-order valence-corrected chi connectivity index (χ2v) is 3.74. The fraction of sp³-hybridized carbons (Fsp3) is 0.364. The first kappa shape index (κ1) is 14.8. The molecule has 19 heavy (non-hydrogen) atoms. The van der Waals surface area contributed by atoms with Gasteiger partial charge in [-0.2, -0.15) is 8.78 Å². The van der Waals surface area contributed by atoms with Crippen LogP contribution in [0.15, 0.2) is 24.3 Å². The Morgan fingerprint density at radius 2 is 2.11 bits per heavy atom. The molecule has 1 aromatic rings. The third-order valence-corrected chi connectivity index (χ3v) is 2.57. The van der Waals surface area contributed by atoms with Crippen LogP contribution in [0.25, 0.3) is 0 Å². The van der Waals surface area contributed by atoms with E-state index in [9.17, 15) is 23.7 Å². The minimum absolute atomic E-state index is 0.0183. The molecule has 0 aliphatic rings. The topological polar surface area (TPSA) is 89.7 Å². The molecule has 0 saturated carbocycles. The smallest absolute Gasteiger partial charge is 0.375 e. The third-order valence-electron chi connectivity index (χ3n) is 2.57. The molecule has 1 aromatic carbocycles. The van der Waals surface area contributed by atoms with Crippen molar-refractivity contribution < 1.29 is 28.3 Å². The van der Waals surface area contributed by atoms with E-state index in [0.717, 1.165) is 0 Å². The lowest BCUT2D eigenvalue weighted by atomic mass is 9.91. The van der Waals surface area contributed by atoms with Gasteiger partial charge in [-0.15, -0.1) is 0 Å². The number of nitrogens with zero attached hydrogens (tertiary/aromatic N) is 1. The molecule has 0 heterocycles. The standard InChI is InChI=1S/C11H11F2NO5/c1-19-9-5-3-2-4-7(9)8(6-14(17)18)11(12,13)10(15)16/h2-5,8H,6H2,1H3,(H,15,16). The molecule has 0 aliphatic carbocycles. The van der Waals surface area contributed by atoms with Crippen molar-refractivity contribution in [2.24, 2.45) is 0 Å². The van der Waals surface area contributed by atoms with Gasteiger partial charge in [0.1, 0.15) is 11.7 Å². The number of methoxy groups -OCH3 is 1. The van der Waals surface area contributed by atoms with E-state index in [0.29, 0.717) is 0 Å². The molecule has 104 valence electrons. The van der Waals surface area contributed by atoms with Gasteiger partial charge in [0.25, 0.3) is 0 Å². The summed E-state index contributed by atoms with van der Waals surface area (Å²) in [6, 6.07) is 5.39. The van der Waals surface area contributed by atoms with E-state index in [2.05, 4.69) is 0 Å². The van der Waals surface area contributed by atoms with Gasteiger partial charge in [-0.05, 0) is 6.07 Å². The van der Waals surface area contributed by atoms with Crippen LogP contribution in [0.5, 0.6) is 5.75 Å². The van der Waals surface area contributed by atoms with Gasteiger partial charge in [0, 0.05) is 10.5 Å². The number of carboxylic acid groups (broad SMARTS) is 1. The summed E-state index contributed by atoms with van der Waals surface area (Å²) < 4.78 is 32.1. The maximum Gasteiger partial charge on any atom is 0.375 e. The Balaban J connectivity index is 3.31. The van der Waals surface area contributed by atoms with Crippen molar-refractivity contribution in [2.45, 2.75) is 11.8 Å². The summed E-state index contributed by atoms with van der Waals surface area (Å²) in [6.45, 7) is -1.21. The number of hydrogen-bond donors (Lipinski definition) is 1. The van der Waals surface area contributed by atoms with E-state index in [4.69, 9.17) is 9.84 Å². The number of ether oxygens (including phenoxy) is 1. The molecular formula is C11H11F2NO5. The lowest BCUT2D eigenvalue weighted by Gasteiger charge is -2.22. The van der Waals surface area contributed by atoms with Crippen LogP contribution in [-0.2, 0) is 4.79 Å². The van der Waals surface area contributed by atoms with Gasteiger partial charge in [0.15, 0.2) is 0 Å². The number of halogens is 2. The molecular weight excluding hydrogens is 264 g/mol. The first-order valence-corrected chi connectivity index (χ1v) is 5.16. The Hall–Kier alpha value is -2.25. The fourth-order valence-corrected chi connectivity index (χ4v) is 1.66.